The first-order valence-electron chi connectivity index (χ1n) is 9.71. The zero-order valence-electron chi connectivity index (χ0n) is 16.2. The first kappa shape index (κ1) is 20.8. The van der Waals surface area contributed by atoms with E-state index in [0.717, 1.165) is 56.3 Å². The Hall–Kier alpha value is -2.49. The fraction of sp³-hybridized carbons (Fsp3) is 0.350. The van der Waals surface area contributed by atoms with Gasteiger partial charge in [0.15, 0.2) is 0 Å². The first-order chi connectivity index (χ1) is 14.6. The highest BCUT2D eigenvalue weighted by molar-refractivity contribution is 8.18. The molecule has 0 aliphatic carbocycles. The van der Waals surface area contributed by atoms with Crippen LogP contribution >= 0.6 is 23.4 Å². The van der Waals surface area contributed by atoms with Crippen LogP contribution in [0.3, 0.4) is 0 Å². The van der Waals surface area contributed by atoms with Gasteiger partial charge in [-0.2, -0.15) is 0 Å². The molecule has 0 radical (unpaired) electrons. The summed E-state index contributed by atoms with van der Waals surface area (Å²) in [5, 5.41) is 5.90. The third-order valence-corrected chi connectivity index (χ3v) is 6.05. The maximum atomic E-state index is 11.7. The molecule has 4 heterocycles. The molecular weight excluding hydrogens is 424 g/mol. The van der Waals surface area contributed by atoms with Gasteiger partial charge in [-0.25, -0.2) is 15.0 Å². The molecule has 2 saturated heterocycles. The van der Waals surface area contributed by atoms with Crippen molar-refractivity contribution in [1.82, 2.24) is 25.6 Å². The lowest BCUT2D eigenvalue weighted by atomic mass is 9.97. The van der Waals surface area contributed by atoms with Gasteiger partial charge in [0, 0.05) is 32.0 Å². The highest BCUT2D eigenvalue weighted by atomic mass is 35.5. The Morgan fingerprint density at radius 3 is 2.77 bits per heavy atom. The fourth-order valence-electron chi connectivity index (χ4n) is 3.46. The molecule has 156 valence electrons. The van der Waals surface area contributed by atoms with Gasteiger partial charge in [-0.15, -0.1) is 0 Å². The number of nitrogens with one attached hydrogen (secondary N) is 2. The summed E-state index contributed by atoms with van der Waals surface area (Å²) in [7, 11) is 0. The number of hydrogen-bond donors (Lipinski definition) is 2. The average Bonchev–Trinajstić information content (AvgIpc) is 3.05. The van der Waals surface area contributed by atoms with E-state index >= 15 is 0 Å². The van der Waals surface area contributed by atoms with E-state index in [4.69, 9.17) is 11.6 Å². The minimum Gasteiger partial charge on any atom is -0.341 e. The Morgan fingerprint density at radius 1 is 1.23 bits per heavy atom. The van der Waals surface area contributed by atoms with E-state index in [1.807, 2.05) is 12.1 Å². The third kappa shape index (κ3) is 5.35. The van der Waals surface area contributed by atoms with Crippen LogP contribution in [0.4, 0.5) is 10.7 Å². The molecule has 2 aliphatic rings. The van der Waals surface area contributed by atoms with Gasteiger partial charge in [0.25, 0.3) is 11.1 Å². The van der Waals surface area contributed by atoms with Gasteiger partial charge >= 0.3 is 0 Å². The molecule has 0 saturated carbocycles. The van der Waals surface area contributed by atoms with Crippen LogP contribution in [0.1, 0.15) is 24.1 Å². The summed E-state index contributed by atoms with van der Waals surface area (Å²) in [6, 6.07) is 5.57. The SMILES string of the molecule is O=C1NC(=O)/C(=C/c2ccnc(N3CCC(CNCc4ccnc(Cl)c4)CC3)n2)S1. The summed E-state index contributed by atoms with van der Waals surface area (Å²) in [5.74, 6) is 0.859. The number of amides is 2. The number of nitrogens with zero attached hydrogens (tertiary/aromatic N) is 4. The number of imide groups is 1. The molecule has 8 nitrogen and oxygen atoms in total. The fourth-order valence-corrected chi connectivity index (χ4v) is 4.32. The van der Waals surface area contributed by atoms with Crippen molar-refractivity contribution in [2.45, 2.75) is 19.4 Å². The van der Waals surface area contributed by atoms with E-state index in [2.05, 4.69) is 30.5 Å². The zero-order chi connectivity index (χ0) is 20.9. The number of rotatable bonds is 6. The lowest BCUT2D eigenvalue weighted by Crippen LogP contribution is -2.38. The van der Waals surface area contributed by atoms with Crippen molar-refractivity contribution in [2.75, 3.05) is 24.5 Å². The van der Waals surface area contributed by atoms with E-state index in [1.165, 1.54) is 0 Å². The summed E-state index contributed by atoms with van der Waals surface area (Å²) < 4.78 is 0. The Balaban J connectivity index is 1.28. The molecule has 4 rings (SSSR count). The summed E-state index contributed by atoms with van der Waals surface area (Å²) in [4.78, 5) is 38.5. The van der Waals surface area contributed by atoms with Gasteiger partial charge < -0.3 is 10.2 Å². The lowest BCUT2D eigenvalue weighted by Gasteiger charge is -2.32. The standard InChI is InChI=1S/C20H21ClN6O2S/c21-17-9-14(1-5-23-17)12-22-11-13-3-7-27(8-4-13)19-24-6-2-15(25-19)10-16-18(28)26-20(29)30-16/h1-2,5-6,9-10,13,22H,3-4,7-8,11-12H2,(H,26,28,29)/b16-10-. The second kappa shape index (κ2) is 9.55. The molecule has 0 atom stereocenters. The molecule has 0 unspecified atom stereocenters. The second-order valence-electron chi connectivity index (χ2n) is 7.18. The quantitative estimate of drug-likeness (QED) is 0.518. The third-order valence-electron chi connectivity index (χ3n) is 5.04. The molecule has 2 fully saturated rings. The van der Waals surface area contributed by atoms with Gasteiger partial charge in [0.05, 0.1) is 10.6 Å². The van der Waals surface area contributed by atoms with Crippen molar-refractivity contribution in [1.29, 1.82) is 0 Å². The minimum absolute atomic E-state index is 0.352. The van der Waals surface area contributed by atoms with Crippen molar-refractivity contribution < 1.29 is 9.59 Å². The molecule has 2 amide bonds. The lowest BCUT2D eigenvalue weighted by molar-refractivity contribution is -0.115. The molecule has 0 spiro atoms. The minimum atomic E-state index is -0.382. The molecule has 30 heavy (non-hydrogen) atoms. The Kier molecular flexibility index (Phi) is 6.61. The van der Waals surface area contributed by atoms with Crippen LogP contribution in [0.25, 0.3) is 6.08 Å². The number of carbonyl (C=O) groups is 2. The highest BCUT2D eigenvalue weighted by Gasteiger charge is 2.25. The normalized spacial score (nSPS) is 18.8. The maximum Gasteiger partial charge on any atom is 0.290 e. The van der Waals surface area contributed by atoms with Crippen molar-refractivity contribution in [2.24, 2.45) is 5.92 Å². The number of anilines is 1. The molecule has 2 N–H and O–H groups in total. The number of halogens is 1. The predicted molar refractivity (Wildman–Crippen MR) is 117 cm³/mol. The molecule has 2 aromatic heterocycles. The van der Waals surface area contributed by atoms with E-state index in [1.54, 1.807) is 24.5 Å². The molecule has 0 bridgehead atoms. The van der Waals surface area contributed by atoms with Gasteiger partial charge in [0.2, 0.25) is 5.95 Å². The van der Waals surface area contributed by atoms with Crippen LogP contribution in [-0.2, 0) is 11.3 Å². The number of hydrogen-bond acceptors (Lipinski definition) is 8. The number of carbonyl (C=O) groups excluding carboxylic acids is 2. The van der Waals surface area contributed by atoms with E-state index in [-0.39, 0.29) is 11.1 Å². The summed E-state index contributed by atoms with van der Waals surface area (Å²) in [5.41, 5.74) is 1.75. The zero-order valence-corrected chi connectivity index (χ0v) is 17.7. The van der Waals surface area contributed by atoms with Crippen molar-refractivity contribution in [3.63, 3.8) is 0 Å². The number of aromatic nitrogens is 3. The summed E-state index contributed by atoms with van der Waals surface area (Å²) in [6.45, 7) is 3.47. The largest absolute Gasteiger partial charge is 0.341 e. The van der Waals surface area contributed by atoms with Crippen LogP contribution in [-0.4, -0.2) is 45.7 Å². The molecule has 2 aromatic rings. The topological polar surface area (TPSA) is 100 Å². The maximum absolute atomic E-state index is 11.7. The summed E-state index contributed by atoms with van der Waals surface area (Å²) >= 11 is 6.81. The van der Waals surface area contributed by atoms with E-state index < -0.39 is 0 Å². The van der Waals surface area contributed by atoms with Crippen molar-refractivity contribution in [3.8, 4) is 0 Å². The van der Waals surface area contributed by atoms with E-state index in [9.17, 15) is 9.59 Å². The monoisotopic (exact) mass is 444 g/mol. The van der Waals surface area contributed by atoms with Crippen molar-refractivity contribution >= 4 is 46.5 Å². The number of thioether (sulfide) groups is 1. The number of pyridine rings is 1. The van der Waals surface area contributed by atoms with Gasteiger partial charge in [0.1, 0.15) is 5.15 Å². The van der Waals surface area contributed by atoms with Crippen molar-refractivity contribution in [3.05, 3.63) is 51.9 Å². The van der Waals surface area contributed by atoms with Crippen LogP contribution < -0.4 is 15.5 Å². The molecule has 10 heteroatoms. The summed E-state index contributed by atoms with van der Waals surface area (Å²) in [6.07, 6.45) is 7.12. The average molecular weight is 445 g/mol. The smallest absolute Gasteiger partial charge is 0.290 e. The van der Waals surface area contributed by atoms with Crippen LogP contribution in [0.2, 0.25) is 5.15 Å². The van der Waals surface area contributed by atoms with Crippen LogP contribution in [0, 0.1) is 5.92 Å². The van der Waals surface area contributed by atoms with Gasteiger partial charge in [-0.05, 0) is 66.9 Å². The molecular formula is C20H21ClN6O2S. The van der Waals surface area contributed by atoms with Gasteiger partial charge in [-0.1, -0.05) is 11.6 Å². The Morgan fingerprint density at radius 2 is 2.03 bits per heavy atom. The van der Waals surface area contributed by atoms with E-state index in [0.29, 0.717) is 27.6 Å². The van der Waals surface area contributed by atoms with Gasteiger partial charge in [-0.3, -0.25) is 14.9 Å². The number of piperidine rings is 1. The Labute approximate surface area is 183 Å². The second-order valence-corrected chi connectivity index (χ2v) is 8.58. The molecule has 2 aliphatic heterocycles. The Bertz CT molecular complexity index is 977. The van der Waals surface area contributed by atoms with Crippen LogP contribution in [0.15, 0.2) is 35.5 Å². The highest BCUT2D eigenvalue weighted by Crippen LogP contribution is 2.26. The first-order valence-corrected chi connectivity index (χ1v) is 10.9. The van der Waals surface area contributed by atoms with Crippen LogP contribution in [0.5, 0.6) is 0 Å². The molecule has 0 aromatic carbocycles. The predicted octanol–water partition coefficient (Wildman–Crippen LogP) is 2.86.